The fraction of sp³-hybridized carbons (Fsp3) is 0.188. The number of rotatable bonds is 3. The lowest BCUT2D eigenvalue weighted by atomic mass is 9.89. The lowest BCUT2D eigenvalue weighted by Crippen LogP contribution is -2.25. The van der Waals surface area contributed by atoms with Gasteiger partial charge in [0.25, 0.3) is 5.69 Å². The first-order valence-electron chi connectivity index (χ1n) is 6.71. The molecule has 0 aliphatic carbocycles. The second-order valence-electron chi connectivity index (χ2n) is 5.00. The van der Waals surface area contributed by atoms with Gasteiger partial charge in [-0.15, -0.1) is 0 Å². The van der Waals surface area contributed by atoms with E-state index in [1.165, 1.54) is 12.1 Å². The van der Waals surface area contributed by atoms with Gasteiger partial charge >= 0.3 is 5.97 Å². The maximum Gasteiger partial charge on any atom is 0.319 e. The second-order valence-corrected chi connectivity index (χ2v) is 5.00. The van der Waals surface area contributed by atoms with Crippen LogP contribution in [0.15, 0.2) is 42.5 Å². The van der Waals surface area contributed by atoms with Crippen LogP contribution in [0.25, 0.3) is 0 Å². The average molecular weight is 299 g/mol. The summed E-state index contributed by atoms with van der Waals surface area (Å²) in [5, 5.41) is 10.7. The number of nitro benzene ring substituents is 1. The number of benzene rings is 2. The van der Waals surface area contributed by atoms with Crippen molar-refractivity contribution >= 4 is 11.7 Å². The molecule has 0 bridgehead atoms. The first kappa shape index (κ1) is 14.1. The highest BCUT2D eigenvalue weighted by molar-refractivity contribution is 5.83. The van der Waals surface area contributed by atoms with Gasteiger partial charge in [-0.3, -0.25) is 14.9 Å². The number of fused-ring (bicyclic) bond motifs is 1. The number of carbonyl (C=O) groups is 1. The van der Waals surface area contributed by atoms with Crippen molar-refractivity contribution in [2.45, 2.75) is 12.3 Å². The van der Waals surface area contributed by atoms with Gasteiger partial charge in [0.2, 0.25) is 0 Å². The summed E-state index contributed by atoms with van der Waals surface area (Å²) in [5.41, 5.74) is 1.57. The van der Waals surface area contributed by atoms with Crippen molar-refractivity contribution in [3.63, 3.8) is 0 Å². The first-order valence-corrected chi connectivity index (χ1v) is 6.71. The van der Waals surface area contributed by atoms with Gasteiger partial charge in [-0.1, -0.05) is 12.1 Å². The van der Waals surface area contributed by atoms with Crippen molar-refractivity contribution in [3.05, 3.63) is 63.7 Å². The maximum absolute atomic E-state index is 12.1. The first-order chi connectivity index (χ1) is 10.6. The standard InChI is InChI=1S/C16H13NO5/c1-21-13-6-7-15-11(8-13)9-14(16(18)22-15)10-2-4-12(5-3-10)17(19)20/h2-8,14H,9H2,1H3. The van der Waals surface area contributed by atoms with E-state index in [0.717, 1.165) is 5.56 Å². The molecule has 0 aromatic heterocycles. The van der Waals surface area contributed by atoms with Gasteiger partial charge in [0.05, 0.1) is 18.0 Å². The molecule has 6 heteroatoms. The Bertz CT molecular complexity index is 739. The summed E-state index contributed by atoms with van der Waals surface area (Å²) in [6, 6.07) is 11.2. The summed E-state index contributed by atoms with van der Waals surface area (Å²) < 4.78 is 10.5. The molecule has 0 fully saturated rings. The molecule has 1 aliphatic rings. The third-order valence-corrected chi connectivity index (χ3v) is 3.69. The number of esters is 1. The van der Waals surface area contributed by atoms with Crippen LogP contribution in [0.2, 0.25) is 0 Å². The van der Waals surface area contributed by atoms with Crippen LogP contribution in [0.1, 0.15) is 17.0 Å². The largest absolute Gasteiger partial charge is 0.497 e. The van der Waals surface area contributed by atoms with Gasteiger partial charge in [-0.25, -0.2) is 0 Å². The van der Waals surface area contributed by atoms with E-state index in [4.69, 9.17) is 9.47 Å². The van der Waals surface area contributed by atoms with Crippen LogP contribution in [-0.2, 0) is 11.2 Å². The highest BCUT2D eigenvalue weighted by atomic mass is 16.6. The molecule has 1 atom stereocenters. The minimum absolute atomic E-state index is 0.00463. The third-order valence-electron chi connectivity index (χ3n) is 3.69. The molecule has 1 heterocycles. The Morgan fingerprint density at radius 3 is 2.59 bits per heavy atom. The van der Waals surface area contributed by atoms with Gasteiger partial charge in [0, 0.05) is 12.1 Å². The van der Waals surface area contributed by atoms with Gasteiger partial charge in [-0.2, -0.15) is 0 Å². The zero-order valence-electron chi connectivity index (χ0n) is 11.8. The number of nitro groups is 1. The summed E-state index contributed by atoms with van der Waals surface area (Å²) in [7, 11) is 1.57. The molecule has 2 aromatic rings. The molecule has 0 amide bonds. The van der Waals surface area contributed by atoms with Gasteiger partial charge in [0.15, 0.2) is 0 Å². The Kier molecular flexibility index (Phi) is 3.50. The highest BCUT2D eigenvalue weighted by Gasteiger charge is 2.30. The predicted octanol–water partition coefficient (Wildman–Crippen LogP) is 2.85. The number of hydrogen-bond acceptors (Lipinski definition) is 5. The summed E-state index contributed by atoms with van der Waals surface area (Å²) in [5.74, 6) is 0.398. The molecule has 2 aromatic carbocycles. The van der Waals surface area contributed by atoms with Gasteiger partial charge < -0.3 is 9.47 Å². The summed E-state index contributed by atoms with van der Waals surface area (Å²) >= 11 is 0. The summed E-state index contributed by atoms with van der Waals surface area (Å²) in [4.78, 5) is 22.4. The predicted molar refractivity (Wildman–Crippen MR) is 78.2 cm³/mol. The molecule has 3 rings (SSSR count). The van der Waals surface area contributed by atoms with Gasteiger partial charge in [0.1, 0.15) is 11.5 Å². The molecular formula is C16H13NO5. The Morgan fingerprint density at radius 1 is 1.23 bits per heavy atom. The van der Waals surface area contributed by atoms with Crippen LogP contribution >= 0.6 is 0 Å². The second kappa shape index (κ2) is 5.48. The molecule has 0 radical (unpaired) electrons. The van der Waals surface area contributed by atoms with E-state index in [2.05, 4.69) is 0 Å². The number of ether oxygens (including phenoxy) is 2. The van der Waals surface area contributed by atoms with Crippen LogP contribution in [0.5, 0.6) is 11.5 Å². The Balaban J connectivity index is 1.91. The molecule has 0 spiro atoms. The van der Waals surface area contributed by atoms with Crippen molar-refractivity contribution in [1.82, 2.24) is 0 Å². The lowest BCUT2D eigenvalue weighted by molar-refractivity contribution is -0.384. The zero-order chi connectivity index (χ0) is 15.7. The molecule has 22 heavy (non-hydrogen) atoms. The minimum atomic E-state index is -0.472. The van der Waals surface area contributed by atoms with E-state index in [9.17, 15) is 14.9 Å². The van der Waals surface area contributed by atoms with E-state index < -0.39 is 10.8 Å². The molecule has 112 valence electrons. The third kappa shape index (κ3) is 2.50. The smallest absolute Gasteiger partial charge is 0.319 e. The van der Waals surface area contributed by atoms with E-state index in [-0.39, 0.29) is 11.7 Å². The molecule has 0 N–H and O–H groups in total. The topological polar surface area (TPSA) is 78.7 Å². The van der Waals surface area contributed by atoms with E-state index in [1.807, 2.05) is 6.07 Å². The van der Waals surface area contributed by atoms with Crippen LogP contribution in [0.3, 0.4) is 0 Å². The van der Waals surface area contributed by atoms with Crippen LogP contribution in [-0.4, -0.2) is 18.0 Å². The van der Waals surface area contributed by atoms with Crippen molar-refractivity contribution in [2.24, 2.45) is 0 Å². The summed E-state index contributed by atoms with van der Waals surface area (Å²) in [6.45, 7) is 0. The monoisotopic (exact) mass is 299 g/mol. The minimum Gasteiger partial charge on any atom is -0.497 e. The van der Waals surface area contributed by atoms with E-state index >= 15 is 0 Å². The molecule has 0 saturated carbocycles. The van der Waals surface area contributed by atoms with Crippen LogP contribution in [0, 0.1) is 10.1 Å². The van der Waals surface area contributed by atoms with E-state index in [1.54, 1.807) is 31.4 Å². The number of methoxy groups -OCH3 is 1. The Hall–Kier alpha value is -2.89. The fourth-order valence-electron chi connectivity index (χ4n) is 2.51. The van der Waals surface area contributed by atoms with Gasteiger partial charge in [-0.05, 0) is 35.7 Å². The SMILES string of the molecule is COc1ccc2c(c1)CC(c1ccc([N+](=O)[O-])cc1)C(=O)O2. The molecule has 1 unspecified atom stereocenters. The fourth-order valence-corrected chi connectivity index (χ4v) is 2.51. The highest BCUT2D eigenvalue weighted by Crippen LogP contribution is 2.35. The van der Waals surface area contributed by atoms with Crippen molar-refractivity contribution in [1.29, 1.82) is 0 Å². The van der Waals surface area contributed by atoms with Crippen molar-refractivity contribution < 1.29 is 19.2 Å². The van der Waals surface area contributed by atoms with Crippen LogP contribution in [0.4, 0.5) is 5.69 Å². The Morgan fingerprint density at radius 2 is 1.95 bits per heavy atom. The van der Waals surface area contributed by atoms with Crippen molar-refractivity contribution in [2.75, 3.05) is 7.11 Å². The van der Waals surface area contributed by atoms with E-state index in [0.29, 0.717) is 23.5 Å². The average Bonchev–Trinajstić information content (AvgIpc) is 2.54. The normalized spacial score (nSPS) is 16.6. The number of hydrogen-bond donors (Lipinski definition) is 0. The molecular weight excluding hydrogens is 286 g/mol. The Labute approximate surface area is 126 Å². The maximum atomic E-state index is 12.1. The molecule has 1 aliphatic heterocycles. The number of nitrogens with zero attached hydrogens (tertiary/aromatic N) is 1. The molecule has 0 saturated heterocycles. The van der Waals surface area contributed by atoms with Crippen LogP contribution < -0.4 is 9.47 Å². The number of carbonyl (C=O) groups excluding carboxylic acids is 1. The number of non-ortho nitro benzene ring substituents is 1. The van der Waals surface area contributed by atoms with Crippen molar-refractivity contribution in [3.8, 4) is 11.5 Å². The summed E-state index contributed by atoms with van der Waals surface area (Å²) in [6.07, 6.45) is 0.475. The zero-order valence-corrected chi connectivity index (χ0v) is 11.8. The lowest BCUT2D eigenvalue weighted by Gasteiger charge is -2.23. The molecule has 6 nitrogen and oxygen atoms in total. The quantitative estimate of drug-likeness (QED) is 0.377.